The lowest BCUT2D eigenvalue weighted by Gasteiger charge is -2.24. The van der Waals surface area contributed by atoms with Crippen molar-refractivity contribution in [2.45, 2.75) is 13.0 Å². The molecule has 17 heavy (non-hydrogen) atoms. The average molecular weight is 256 g/mol. The Morgan fingerprint density at radius 2 is 2.06 bits per heavy atom. The fourth-order valence-corrected chi connectivity index (χ4v) is 2.11. The third kappa shape index (κ3) is 4.44. The van der Waals surface area contributed by atoms with E-state index in [1.165, 1.54) is 4.90 Å². The Kier molecular flexibility index (Phi) is 4.96. The lowest BCUT2D eigenvalue weighted by atomic mass is 10.4. The fraction of sp³-hybridized carbons (Fsp3) is 0.455. The zero-order valence-corrected chi connectivity index (χ0v) is 10.7. The topological polar surface area (TPSA) is 60.9 Å². The molecule has 1 heterocycles. The molecule has 0 saturated carbocycles. The van der Waals surface area contributed by atoms with Crippen molar-refractivity contribution in [3.63, 3.8) is 0 Å². The maximum atomic E-state index is 11.8. The maximum Gasteiger partial charge on any atom is 0.319 e. The molecule has 0 aromatic carbocycles. The lowest BCUT2D eigenvalue weighted by molar-refractivity contribution is -0.137. The molecule has 2 amide bonds. The van der Waals surface area contributed by atoms with Crippen LogP contribution in [0.5, 0.6) is 0 Å². The van der Waals surface area contributed by atoms with Gasteiger partial charge in [-0.2, -0.15) is 0 Å². The number of carbonyl (C=O) groups excluding carboxylic acids is 1. The summed E-state index contributed by atoms with van der Waals surface area (Å²) in [6, 6.07) is 3.73. The highest BCUT2D eigenvalue weighted by Crippen LogP contribution is 2.11. The Morgan fingerprint density at radius 1 is 1.35 bits per heavy atom. The van der Waals surface area contributed by atoms with E-state index in [9.17, 15) is 9.59 Å². The Morgan fingerprint density at radius 3 is 2.59 bits per heavy atom. The molecule has 0 spiro atoms. The van der Waals surface area contributed by atoms with Crippen molar-refractivity contribution in [2.75, 3.05) is 20.6 Å². The second kappa shape index (κ2) is 6.24. The number of aliphatic carboxylic acids is 1. The number of carboxylic acids is 1. The summed E-state index contributed by atoms with van der Waals surface area (Å²) in [6.07, 6.45) is -0.0327. The van der Waals surface area contributed by atoms with Crippen LogP contribution in [0, 0.1) is 0 Å². The average Bonchev–Trinajstić information content (AvgIpc) is 2.77. The fourth-order valence-electron chi connectivity index (χ4n) is 1.35. The van der Waals surface area contributed by atoms with E-state index in [0.29, 0.717) is 6.54 Å². The van der Waals surface area contributed by atoms with E-state index in [1.54, 1.807) is 30.3 Å². The van der Waals surface area contributed by atoms with E-state index >= 15 is 0 Å². The first-order valence-corrected chi connectivity index (χ1v) is 6.09. The van der Waals surface area contributed by atoms with Crippen LogP contribution in [0.3, 0.4) is 0 Å². The predicted molar refractivity (Wildman–Crippen MR) is 66.1 cm³/mol. The minimum Gasteiger partial charge on any atom is -0.481 e. The van der Waals surface area contributed by atoms with Gasteiger partial charge in [0, 0.05) is 25.5 Å². The van der Waals surface area contributed by atoms with E-state index < -0.39 is 5.97 Å². The number of amides is 2. The molecule has 1 aromatic rings. The van der Waals surface area contributed by atoms with Crippen LogP contribution >= 0.6 is 11.3 Å². The summed E-state index contributed by atoms with van der Waals surface area (Å²) in [7, 11) is 3.31. The lowest BCUT2D eigenvalue weighted by Crippen LogP contribution is -2.39. The standard InChI is InChI=1S/C11H16N2O3S/c1-12(6-5-10(14)15)11(16)13(2)8-9-4-3-7-17-9/h3-4,7H,5-6,8H2,1-2H3,(H,14,15). The number of nitrogens with zero attached hydrogens (tertiary/aromatic N) is 2. The van der Waals surface area contributed by atoms with E-state index in [1.807, 2.05) is 17.5 Å². The number of thiophene rings is 1. The van der Waals surface area contributed by atoms with Crippen LogP contribution in [0.15, 0.2) is 17.5 Å². The maximum absolute atomic E-state index is 11.8. The van der Waals surface area contributed by atoms with Crippen LogP contribution in [-0.4, -0.2) is 47.5 Å². The van der Waals surface area contributed by atoms with Crippen molar-refractivity contribution in [3.05, 3.63) is 22.4 Å². The first-order valence-electron chi connectivity index (χ1n) is 5.21. The molecule has 0 aliphatic heterocycles. The molecule has 0 bridgehead atoms. The van der Waals surface area contributed by atoms with Gasteiger partial charge in [0.1, 0.15) is 0 Å². The molecule has 94 valence electrons. The Balaban J connectivity index is 2.42. The second-order valence-corrected chi connectivity index (χ2v) is 4.82. The van der Waals surface area contributed by atoms with Crippen molar-refractivity contribution in [1.29, 1.82) is 0 Å². The summed E-state index contributed by atoms with van der Waals surface area (Å²) < 4.78 is 0. The van der Waals surface area contributed by atoms with Crippen LogP contribution in [0.4, 0.5) is 4.79 Å². The molecule has 1 rings (SSSR count). The van der Waals surface area contributed by atoms with Crippen LogP contribution in [0.1, 0.15) is 11.3 Å². The SMILES string of the molecule is CN(CCC(=O)O)C(=O)N(C)Cc1cccs1. The van der Waals surface area contributed by atoms with Crippen LogP contribution < -0.4 is 0 Å². The van der Waals surface area contributed by atoms with E-state index in [0.717, 1.165) is 4.88 Å². The monoisotopic (exact) mass is 256 g/mol. The van der Waals surface area contributed by atoms with Crippen LogP contribution in [0.2, 0.25) is 0 Å². The summed E-state index contributed by atoms with van der Waals surface area (Å²) in [4.78, 5) is 26.3. The minimum absolute atomic E-state index is 0.0327. The van der Waals surface area contributed by atoms with Gasteiger partial charge in [0.05, 0.1) is 13.0 Å². The molecule has 6 heteroatoms. The molecule has 5 nitrogen and oxygen atoms in total. The number of hydrogen-bond donors (Lipinski definition) is 1. The molecular weight excluding hydrogens is 240 g/mol. The summed E-state index contributed by atoms with van der Waals surface area (Å²) in [5.41, 5.74) is 0. The van der Waals surface area contributed by atoms with Gasteiger partial charge in [0.2, 0.25) is 0 Å². The number of urea groups is 1. The van der Waals surface area contributed by atoms with Gasteiger partial charge in [-0.1, -0.05) is 6.07 Å². The van der Waals surface area contributed by atoms with E-state index in [2.05, 4.69) is 0 Å². The van der Waals surface area contributed by atoms with Gasteiger partial charge in [-0.15, -0.1) is 11.3 Å². The van der Waals surface area contributed by atoms with Crippen molar-refractivity contribution in [1.82, 2.24) is 9.80 Å². The Labute approximate surface area is 104 Å². The smallest absolute Gasteiger partial charge is 0.319 e. The third-order valence-corrected chi connectivity index (χ3v) is 3.15. The normalized spacial score (nSPS) is 10.0. The van der Waals surface area contributed by atoms with Crippen molar-refractivity contribution in [2.24, 2.45) is 0 Å². The van der Waals surface area contributed by atoms with E-state index in [4.69, 9.17) is 5.11 Å². The Bertz CT molecular complexity index is 378. The predicted octanol–water partition coefficient (Wildman–Crippen LogP) is 1.71. The van der Waals surface area contributed by atoms with Crippen LogP contribution in [-0.2, 0) is 11.3 Å². The molecule has 0 radical (unpaired) electrons. The zero-order valence-electron chi connectivity index (χ0n) is 9.92. The molecule has 1 N–H and O–H groups in total. The van der Waals surface area contributed by atoms with Gasteiger partial charge in [0.25, 0.3) is 0 Å². The van der Waals surface area contributed by atoms with E-state index in [-0.39, 0.29) is 19.0 Å². The van der Waals surface area contributed by atoms with Crippen molar-refractivity contribution in [3.8, 4) is 0 Å². The van der Waals surface area contributed by atoms with Crippen molar-refractivity contribution < 1.29 is 14.7 Å². The highest BCUT2D eigenvalue weighted by molar-refractivity contribution is 7.09. The van der Waals surface area contributed by atoms with Gasteiger partial charge < -0.3 is 14.9 Å². The second-order valence-electron chi connectivity index (χ2n) is 3.78. The quantitative estimate of drug-likeness (QED) is 0.872. The minimum atomic E-state index is -0.898. The first-order chi connectivity index (χ1) is 8.00. The molecular formula is C11H16N2O3S. The summed E-state index contributed by atoms with van der Waals surface area (Å²) in [5, 5.41) is 10.5. The molecule has 0 aliphatic rings. The van der Waals surface area contributed by atoms with Gasteiger partial charge in [-0.25, -0.2) is 4.79 Å². The van der Waals surface area contributed by atoms with Crippen LogP contribution in [0.25, 0.3) is 0 Å². The number of carbonyl (C=O) groups is 2. The third-order valence-electron chi connectivity index (χ3n) is 2.29. The van der Waals surface area contributed by atoms with Crippen molar-refractivity contribution >= 4 is 23.3 Å². The van der Waals surface area contributed by atoms with Gasteiger partial charge >= 0.3 is 12.0 Å². The molecule has 0 saturated heterocycles. The molecule has 1 aromatic heterocycles. The van der Waals surface area contributed by atoms with Gasteiger partial charge in [-0.3, -0.25) is 4.79 Å². The highest BCUT2D eigenvalue weighted by atomic mass is 32.1. The summed E-state index contributed by atoms with van der Waals surface area (Å²) in [6.45, 7) is 0.775. The molecule has 0 unspecified atom stereocenters. The Hall–Kier alpha value is -1.56. The number of carboxylic acid groups (broad SMARTS) is 1. The summed E-state index contributed by atoms with van der Waals surface area (Å²) >= 11 is 1.59. The van der Waals surface area contributed by atoms with Gasteiger partial charge in [0.15, 0.2) is 0 Å². The highest BCUT2D eigenvalue weighted by Gasteiger charge is 2.15. The number of rotatable bonds is 5. The largest absolute Gasteiger partial charge is 0.481 e. The first kappa shape index (κ1) is 13.5. The molecule has 0 atom stereocenters. The van der Waals surface area contributed by atoms with Gasteiger partial charge in [-0.05, 0) is 11.4 Å². The molecule has 0 aliphatic carbocycles. The number of hydrogen-bond acceptors (Lipinski definition) is 3. The molecule has 0 fully saturated rings. The zero-order chi connectivity index (χ0) is 12.8. The summed E-state index contributed by atoms with van der Waals surface area (Å²) in [5.74, 6) is -0.898.